The Labute approximate surface area is 197 Å². The summed E-state index contributed by atoms with van der Waals surface area (Å²) in [7, 11) is 0. The smallest absolute Gasteiger partial charge is 0.253 e. The predicted octanol–water partition coefficient (Wildman–Crippen LogP) is 4.37. The molecule has 1 atom stereocenters. The predicted molar refractivity (Wildman–Crippen MR) is 133 cm³/mol. The number of allylic oxidation sites excluding steroid dienone is 1. The Bertz CT molecular complexity index is 730. The van der Waals surface area contributed by atoms with Crippen molar-refractivity contribution >= 4 is 41.5 Å². The van der Waals surface area contributed by atoms with Crippen molar-refractivity contribution in [2.45, 2.75) is 64.5 Å². The highest BCUT2D eigenvalue weighted by Crippen LogP contribution is 2.19. The molecule has 166 valence electrons. The van der Waals surface area contributed by atoms with Gasteiger partial charge >= 0.3 is 0 Å². The second-order valence-electron chi connectivity index (χ2n) is 7.67. The summed E-state index contributed by atoms with van der Waals surface area (Å²) in [5.74, 6) is 0.771. The topological polar surface area (TPSA) is 74.8 Å². The van der Waals surface area contributed by atoms with Gasteiger partial charge in [-0.25, -0.2) is 4.99 Å². The minimum Gasteiger partial charge on any atom is -0.368 e. The average Bonchev–Trinajstić information content (AvgIpc) is 3.28. The Balaban J connectivity index is 0.00000320. The van der Waals surface area contributed by atoms with Crippen LogP contribution in [-0.2, 0) is 16.1 Å². The van der Waals surface area contributed by atoms with Crippen molar-refractivity contribution in [2.75, 3.05) is 25.0 Å². The summed E-state index contributed by atoms with van der Waals surface area (Å²) in [4.78, 5) is 16.9. The van der Waals surface area contributed by atoms with Crippen LogP contribution in [0.1, 0.15) is 57.4 Å². The van der Waals surface area contributed by atoms with E-state index in [9.17, 15) is 4.79 Å². The molecule has 1 amide bonds. The summed E-state index contributed by atoms with van der Waals surface area (Å²) in [6.45, 7) is 5.02. The normalized spacial score (nSPS) is 18.9. The van der Waals surface area contributed by atoms with Gasteiger partial charge in [0.25, 0.3) is 5.91 Å². The molecule has 0 radical (unpaired) electrons. The van der Waals surface area contributed by atoms with Crippen LogP contribution in [0.5, 0.6) is 0 Å². The number of guanidine groups is 1. The number of carbonyl (C=O) groups excluding carboxylic acids is 1. The lowest BCUT2D eigenvalue weighted by Crippen LogP contribution is -2.37. The van der Waals surface area contributed by atoms with E-state index in [4.69, 9.17) is 9.73 Å². The van der Waals surface area contributed by atoms with Crippen LogP contribution in [-0.4, -0.2) is 37.7 Å². The first-order chi connectivity index (χ1) is 14.2. The van der Waals surface area contributed by atoms with E-state index in [0.29, 0.717) is 13.2 Å². The third kappa shape index (κ3) is 8.26. The van der Waals surface area contributed by atoms with Crippen molar-refractivity contribution < 1.29 is 9.53 Å². The van der Waals surface area contributed by atoms with Crippen molar-refractivity contribution in [2.24, 2.45) is 4.99 Å². The van der Waals surface area contributed by atoms with Gasteiger partial charge in [0.05, 0.1) is 6.54 Å². The number of ether oxygens (including phenoxy) is 1. The van der Waals surface area contributed by atoms with Crippen molar-refractivity contribution in [1.29, 1.82) is 0 Å². The number of aliphatic imine (C=N–C) groups is 1. The standard InChI is InChI=1S/C23H34N4O2.HI/c1-2-24-23(25-14-13-18-8-4-3-5-9-18)26-17-19-10-6-11-20(16-19)27-22(28)21-12-7-15-29-21;/h6,8,10-11,16,21H,2-5,7,9,12-15,17H2,1H3,(H,27,28)(H2,24,25,26);1H. The second-order valence-corrected chi connectivity index (χ2v) is 7.67. The van der Waals surface area contributed by atoms with Gasteiger partial charge in [-0.05, 0) is 69.6 Å². The van der Waals surface area contributed by atoms with Crippen molar-refractivity contribution in [3.05, 3.63) is 41.5 Å². The molecule has 1 unspecified atom stereocenters. The number of halogens is 1. The summed E-state index contributed by atoms with van der Waals surface area (Å²) in [5, 5.41) is 9.70. The van der Waals surface area contributed by atoms with Crippen LogP contribution in [0.2, 0.25) is 0 Å². The molecule has 3 N–H and O–H groups in total. The van der Waals surface area contributed by atoms with Gasteiger partial charge in [0.15, 0.2) is 5.96 Å². The van der Waals surface area contributed by atoms with Crippen LogP contribution < -0.4 is 16.0 Å². The molecule has 0 saturated carbocycles. The van der Waals surface area contributed by atoms with Crippen LogP contribution in [0.3, 0.4) is 0 Å². The molecule has 0 bridgehead atoms. The fourth-order valence-corrected chi connectivity index (χ4v) is 3.74. The van der Waals surface area contributed by atoms with Gasteiger partial charge in [-0.3, -0.25) is 4.79 Å². The number of nitrogens with one attached hydrogen (secondary N) is 3. The van der Waals surface area contributed by atoms with Gasteiger partial charge in [-0.2, -0.15) is 0 Å². The Morgan fingerprint density at radius 2 is 2.13 bits per heavy atom. The van der Waals surface area contributed by atoms with Gasteiger partial charge in [-0.15, -0.1) is 24.0 Å². The maximum Gasteiger partial charge on any atom is 0.253 e. The number of benzene rings is 1. The van der Waals surface area contributed by atoms with E-state index >= 15 is 0 Å². The highest BCUT2D eigenvalue weighted by Gasteiger charge is 2.23. The number of amides is 1. The van der Waals surface area contributed by atoms with Crippen LogP contribution in [0.25, 0.3) is 0 Å². The van der Waals surface area contributed by atoms with Gasteiger partial charge in [0, 0.05) is 25.4 Å². The molecule has 0 aromatic heterocycles. The van der Waals surface area contributed by atoms with E-state index in [-0.39, 0.29) is 36.0 Å². The molecule has 1 aliphatic heterocycles. The molecule has 1 heterocycles. The second kappa shape index (κ2) is 13.6. The van der Waals surface area contributed by atoms with E-state index in [2.05, 4.69) is 29.0 Å². The number of hydrogen-bond acceptors (Lipinski definition) is 3. The molecule has 2 aliphatic rings. The molecule has 1 saturated heterocycles. The SMILES string of the molecule is CCNC(=NCc1cccc(NC(=O)C2CCCO2)c1)NCCC1=CCCCC1.I. The van der Waals surface area contributed by atoms with E-state index in [1.807, 2.05) is 24.3 Å². The van der Waals surface area contributed by atoms with E-state index in [1.54, 1.807) is 5.57 Å². The lowest BCUT2D eigenvalue weighted by Gasteiger charge is -2.15. The van der Waals surface area contributed by atoms with E-state index in [0.717, 1.165) is 49.6 Å². The Hall–Kier alpha value is -1.61. The average molecular weight is 526 g/mol. The zero-order valence-electron chi connectivity index (χ0n) is 17.9. The van der Waals surface area contributed by atoms with Gasteiger partial charge in [0.2, 0.25) is 0 Å². The van der Waals surface area contributed by atoms with E-state index < -0.39 is 0 Å². The first kappa shape index (κ1) is 24.7. The zero-order chi connectivity index (χ0) is 20.3. The molecule has 7 heteroatoms. The van der Waals surface area contributed by atoms with Crippen molar-refractivity contribution in [1.82, 2.24) is 10.6 Å². The summed E-state index contributed by atoms with van der Waals surface area (Å²) in [5.41, 5.74) is 3.41. The maximum atomic E-state index is 12.2. The number of rotatable bonds is 8. The molecular formula is C23H35IN4O2. The van der Waals surface area contributed by atoms with Crippen LogP contribution in [0, 0.1) is 0 Å². The Kier molecular flexibility index (Phi) is 11.2. The molecule has 0 spiro atoms. The van der Waals surface area contributed by atoms with Gasteiger partial charge in [0.1, 0.15) is 6.10 Å². The van der Waals surface area contributed by atoms with Crippen molar-refractivity contribution in [3.63, 3.8) is 0 Å². The summed E-state index contributed by atoms with van der Waals surface area (Å²) in [6, 6.07) is 7.86. The van der Waals surface area contributed by atoms with Crippen molar-refractivity contribution in [3.8, 4) is 0 Å². The summed E-state index contributed by atoms with van der Waals surface area (Å²) < 4.78 is 5.45. The Morgan fingerprint density at radius 3 is 2.87 bits per heavy atom. The number of hydrogen-bond donors (Lipinski definition) is 3. The molecule has 6 nitrogen and oxygen atoms in total. The number of anilines is 1. The van der Waals surface area contributed by atoms with Gasteiger partial charge < -0.3 is 20.7 Å². The minimum absolute atomic E-state index is 0. The first-order valence-electron chi connectivity index (χ1n) is 11.0. The Morgan fingerprint density at radius 1 is 1.23 bits per heavy atom. The molecule has 3 rings (SSSR count). The highest BCUT2D eigenvalue weighted by molar-refractivity contribution is 14.0. The fourth-order valence-electron chi connectivity index (χ4n) is 3.74. The maximum absolute atomic E-state index is 12.2. The fraction of sp³-hybridized carbons (Fsp3) is 0.565. The molecule has 1 aliphatic carbocycles. The number of nitrogens with zero attached hydrogens (tertiary/aromatic N) is 1. The van der Waals surface area contributed by atoms with Gasteiger partial charge in [-0.1, -0.05) is 23.8 Å². The van der Waals surface area contributed by atoms with Crippen LogP contribution in [0.4, 0.5) is 5.69 Å². The molecule has 1 fully saturated rings. The molecule has 30 heavy (non-hydrogen) atoms. The monoisotopic (exact) mass is 526 g/mol. The lowest BCUT2D eigenvalue weighted by atomic mass is 9.97. The van der Waals surface area contributed by atoms with Crippen LogP contribution >= 0.6 is 24.0 Å². The molecule has 1 aromatic rings. The quantitative estimate of drug-likeness (QED) is 0.204. The summed E-state index contributed by atoms with van der Waals surface area (Å²) in [6.07, 6.45) is 10.0. The third-order valence-electron chi connectivity index (χ3n) is 5.30. The minimum atomic E-state index is -0.319. The van der Waals surface area contributed by atoms with E-state index in [1.165, 1.54) is 25.7 Å². The third-order valence-corrected chi connectivity index (χ3v) is 5.30. The highest BCUT2D eigenvalue weighted by atomic mass is 127. The lowest BCUT2D eigenvalue weighted by molar-refractivity contribution is -0.124. The summed E-state index contributed by atoms with van der Waals surface area (Å²) >= 11 is 0. The van der Waals surface area contributed by atoms with Crippen LogP contribution in [0.15, 0.2) is 40.9 Å². The zero-order valence-corrected chi connectivity index (χ0v) is 20.2. The molecular weight excluding hydrogens is 491 g/mol. The molecule has 1 aromatic carbocycles. The first-order valence-corrected chi connectivity index (χ1v) is 11.0. The number of carbonyl (C=O) groups is 1. The largest absolute Gasteiger partial charge is 0.368 e.